The Balaban J connectivity index is 1.76. The third kappa shape index (κ3) is 4.67. The lowest BCUT2D eigenvalue weighted by Gasteiger charge is -2.20. The van der Waals surface area contributed by atoms with Crippen LogP contribution in [0.5, 0.6) is 0 Å². The molecule has 0 spiro atoms. The molecule has 0 heterocycles. The maximum Gasteiger partial charge on any atom is 0.220 e. The lowest BCUT2D eigenvalue weighted by atomic mass is 9.87. The summed E-state index contributed by atoms with van der Waals surface area (Å²) in [6.45, 7) is 1.16. The summed E-state index contributed by atoms with van der Waals surface area (Å²) < 4.78 is 0. The second kappa shape index (κ2) is 7.29. The Bertz CT molecular complexity index is 411. The first-order valence-corrected chi connectivity index (χ1v) is 7.32. The molecule has 1 aromatic carbocycles. The highest BCUT2D eigenvalue weighted by Crippen LogP contribution is 2.26. The van der Waals surface area contributed by atoms with Crippen molar-refractivity contribution in [2.45, 2.75) is 51.6 Å². The van der Waals surface area contributed by atoms with E-state index in [0.717, 1.165) is 11.1 Å². The average molecular weight is 260 g/mol. The van der Waals surface area contributed by atoms with Crippen molar-refractivity contribution < 1.29 is 4.79 Å². The summed E-state index contributed by atoms with van der Waals surface area (Å²) in [5.41, 5.74) is 7.85. The number of benzene rings is 1. The number of hydrogen-bond acceptors (Lipinski definition) is 2. The standard InChI is InChI=1S/C16H24N2O/c17-11-14-7-4-8-15(9-14)12-18-16(19)10-13-5-2-1-3-6-13/h4,7-9,13H,1-3,5-6,10-12,17H2,(H,18,19). The predicted octanol–water partition coefficient (Wildman–Crippen LogP) is 2.73. The molecule has 0 radical (unpaired) electrons. The molecule has 0 aliphatic heterocycles. The van der Waals surface area contributed by atoms with Crippen LogP contribution in [0.25, 0.3) is 0 Å². The van der Waals surface area contributed by atoms with E-state index in [1.54, 1.807) is 0 Å². The molecule has 1 aliphatic carbocycles. The van der Waals surface area contributed by atoms with Gasteiger partial charge in [0.25, 0.3) is 0 Å². The molecule has 1 amide bonds. The van der Waals surface area contributed by atoms with Crippen molar-refractivity contribution in [3.05, 3.63) is 35.4 Å². The minimum Gasteiger partial charge on any atom is -0.352 e. The Morgan fingerprint density at radius 1 is 1.21 bits per heavy atom. The summed E-state index contributed by atoms with van der Waals surface area (Å²) in [5, 5.41) is 3.02. The molecule has 0 atom stereocenters. The fraction of sp³-hybridized carbons (Fsp3) is 0.562. The van der Waals surface area contributed by atoms with E-state index in [4.69, 9.17) is 5.73 Å². The number of amides is 1. The fourth-order valence-corrected chi connectivity index (χ4v) is 2.79. The summed E-state index contributed by atoms with van der Waals surface area (Å²) in [6.07, 6.45) is 7.04. The SMILES string of the molecule is NCc1cccc(CNC(=O)CC2CCCCC2)c1. The van der Waals surface area contributed by atoms with Crippen LogP contribution in [-0.4, -0.2) is 5.91 Å². The van der Waals surface area contributed by atoms with E-state index in [9.17, 15) is 4.79 Å². The molecule has 1 aliphatic rings. The summed E-state index contributed by atoms with van der Waals surface area (Å²) in [7, 11) is 0. The largest absolute Gasteiger partial charge is 0.352 e. The molecule has 1 saturated carbocycles. The first kappa shape index (κ1) is 14.1. The van der Waals surface area contributed by atoms with Gasteiger partial charge in [-0.2, -0.15) is 0 Å². The summed E-state index contributed by atoms with van der Waals surface area (Å²) in [6, 6.07) is 8.08. The van der Waals surface area contributed by atoms with Gasteiger partial charge in [0, 0.05) is 19.5 Å². The first-order chi connectivity index (χ1) is 9.28. The Labute approximate surface area is 115 Å². The molecule has 2 rings (SSSR count). The zero-order valence-corrected chi connectivity index (χ0v) is 11.5. The number of hydrogen-bond donors (Lipinski definition) is 2. The maximum atomic E-state index is 11.9. The van der Waals surface area contributed by atoms with E-state index >= 15 is 0 Å². The second-order valence-corrected chi connectivity index (χ2v) is 5.51. The molecule has 1 aromatic rings. The van der Waals surface area contributed by atoms with Gasteiger partial charge in [-0.05, 0) is 29.9 Å². The lowest BCUT2D eigenvalue weighted by molar-refractivity contribution is -0.122. The van der Waals surface area contributed by atoms with Crippen LogP contribution >= 0.6 is 0 Å². The average Bonchev–Trinajstić information content (AvgIpc) is 2.46. The van der Waals surface area contributed by atoms with E-state index in [1.165, 1.54) is 32.1 Å². The monoisotopic (exact) mass is 260 g/mol. The molecule has 3 heteroatoms. The molecule has 0 unspecified atom stereocenters. The molecule has 0 saturated heterocycles. The van der Waals surface area contributed by atoms with Gasteiger partial charge in [0.15, 0.2) is 0 Å². The van der Waals surface area contributed by atoms with Crippen LogP contribution < -0.4 is 11.1 Å². The Hall–Kier alpha value is -1.35. The molecular weight excluding hydrogens is 236 g/mol. The minimum atomic E-state index is 0.185. The Morgan fingerprint density at radius 3 is 2.68 bits per heavy atom. The van der Waals surface area contributed by atoms with Gasteiger partial charge < -0.3 is 11.1 Å². The van der Waals surface area contributed by atoms with E-state index in [-0.39, 0.29) is 5.91 Å². The molecular formula is C16H24N2O. The van der Waals surface area contributed by atoms with Crippen molar-refractivity contribution in [3.8, 4) is 0 Å². The van der Waals surface area contributed by atoms with Crippen molar-refractivity contribution in [1.82, 2.24) is 5.32 Å². The summed E-state index contributed by atoms with van der Waals surface area (Å²) in [5.74, 6) is 0.786. The highest BCUT2D eigenvalue weighted by atomic mass is 16.1. The van der Waals surface area contributed by atoms with Gasteiger partial charge in [-0.15, -0.1) is 0 Å². The maximum absolute atomic E-state index is 11.9. The van der Waals surface area contributed by atoms with Gasteiger partial charge in [0.1, 0.15) is 0 Å². The molecule has 19 heavy (non-hydrogen) atoms. The third-order valence-electron chi connectivity index (χ3n) is 3.92. The van der Waals surface area contributed by atoms with Crippen LogP contribution in [0, 0.1) is 5.92 Å². The van der Waals surface area contributed by atoms with Crippen molar-refractivity contribution in [2.24, 2.45) is 11.7 Å². The lowest BCUT2D eigenvalue weighted by Crippen LogP contribution is -2.25. The van der Waals surface area contributed by atoms with E-state index in [0.29, 0.717) is 25.4 Å². The topological polar surface area (TPSA) is 55.1 Å². The van der Waals surface area contributed by atoms with Crippen LogP contribution in [-0.2, 0) is 17.9 Å². The van der Waals surface area contributed by atoms with Crippen LogP contribution in [0.1, 0.15) is 49.7 Å². The van der Waals surface area contributed by atoms with Crippen molar-refractivity contribution in [3.63, 3.8) is 0 Å². The smallest absolute Gasteiger partial charge is 0.220 e. The van der Waals surface area contributed by atoms with E-state index in [2.05, 4.69) is 11.4 Å². The summed E-state index contributed by atoms with van der Waals surface area (Å²) >= 11 is 0. The van der Waals surface area contributed by atoms with Crippen molar-refractivity contribution in [2.75, 3.05) is 0 Å². The number of nitrogens with two attached hydrogens (primary N) is 1. The van der Waals surface area contributed by atoms with Gasteiger partial charge in [-0.25, -0.2) is 0 Å². The zero-order valence-electron chi connectivity index (χ0n) is 11.5. The first-order valence-electron chi connectivity index (χ1n) is 7.32. The van der Waals surface area contributed by atoms with Crippen LogP contribution in [0.15, 0.2) is 24.3 Å². The van der Waals surface area contributed by atoms with Gasteiger partial charge in [-0.3, -0.25) is 4.79 Å². The van der Waals surface area contributed by atoms with E-state index in [1.807, 2.05) is 18.2 Å². The molecule has 3 nitrogen and oxygen atoms in total. The third-order valence-corrected chi connectivity index (χ3v) is 3.92. The van der Waals surface area contributed by atoms with Gasteiger partial charge in [0.05, 0.1) is 0 Å². The fourth-order valence-electron chi connectivity index (χ4n) is 2.79. The van der Waals surface area contributed by atoms with Crippen molar-refractivity contribution >= 4 is 5.91 Å². The van der Waals surface area contributed by atoms with Gasteiger partial charge in [0.2, 0.25) is 5.91 Å². The number of carbonyl (C=O) groups excluding carboxylic acids is 1. The van der Waals surface area contributed by atoms with Gasteiger partial charge in [-0.1, -0.05) is 43.5 Å². The number of rotatable bonds is 5. The quantitative estimate of drug-likeness (QED) is 0.855. The predicted molar refractivity (Wildman–Crippen MR) is 77.4 cm³/mol. The second-order valence-electron chi connectivity index (χ2n) is 5.51. The minimum absolute atomic E-state index is 0.185. The normalized spacial score (nSPS) is 16.3. The Kier molecular flexibility index (Phi) is 5.40. The molecule has 104 valence electrons. The highest BCUT2D eigenvalue weighted by molar-refractivity contribution is 5.76. The van der Waals surface area contributed by atoms with E-state index < -0.39 is 0 Å². The molecule has 1 fully saturated rings. The number of nitrogens with one attached hydrogen (secondary N) is 1. The molecule has 3 N–H and O–H groups in total. The van der Waals surface area contributed by atoms with Gasteiger partial charge >= 0.3 is 0 Å². The summed E-state index contributed by atoms with van der Waals surface area (Å²) in [4.78, 5) is 11.9. The highest BCUT2D eigenvalue weighted by Gasteiger charge is 2.16. The molecule has 0 aromatic heterocycles. The van der Waals surface area contributed by atoms with Crippen molar-refractivity contribution in [1.29, 1.82) is 0 Å². The van der Waals surface area contributed by atoms with Crippen LogP contribution in [0.4, 0.5) is 0 Å². The van der Waals surface area contributed by atoms with Crippen LogP contribution in [0.2, 0.25) is 0 Å². The molecule has 0 bridgehead atoms. The van der Waals surface area contributed by atoms with Crippen LogP contribution in [0.3, 0.4) is 0 Å². The number of carbonyl (C=O) groups is 1. The zero-order chi connectivity index (χ0) is 13.5. The Morgan fingerprint density at radius 2 is 1.95 bits per heavy atom.